The summed E-state index contributed by atoms with van der Waals surface area (Å²) in [5, 5.41) is 8.02. The molecule has 1 aromatic carbocycles. The number of piperidine rings is 1. The van der Waals surface area contributed by atoms with Crippen LogP contribution in [0.3, 0.4) is 0 Å². The minimum atomic E-state index is -1.21. The lowest BCUT2D eigenvalue weighted by molar-refractivity contribution is -0.132. The smallest absolute Gasteiger partial charge is 0.246 e. The second-order valence-electron chi connectivity index (χ2n) is 9.27. The topological polar surface area (TPSA) is 152 Å². The van der Waals surface area contributed by atoms with Gasteiger partial charge in [0, 0.05) is 32.6 Å². The normalized spacial score (nSPS) is 23.0. The fourth-order valence-corrected chi connectivity index (χ4v) is 4.39. The van der Waals surface area contributed by atoms with E-state index in [0.717, 1.165) is 12.1 Å². The van der Waals surface area contributed by atoms with E-state index in [9.17, 15) is 28.0 Å². The number of ether oxygens (including phenoxy) is 2. The molecule has 0 bridgehead atoms. The lowest BCUT2D eigenvalue weighted by Crippen LogP contribution is -2.58. The van der Waals surface area contributed by atoms with Crippen molar-refractivity contribution in [1.82, 2.24) is 20.9 Å². The quantitative estimate of drug-likeness (QED) is 0.408. The summed E-state index contributed by atoms with van der Waals surface area (Å²) >= 11 is 0. The molecule has 2 aliphatic rings. The number of nitrogens with one attached hydrogen (secondary N) is 3. The van der Waals surface area contributed by atoms with Gasteiger partial charge in [-0.2, -0.15) is 0 Å². The van der Waals surface area contributed by atoms with Crippen molar-refractivity contribution in [1.29, 1.82) is 0 Å². The first-order chi connectivity index (χ1) is 17.7. The van der Waals surface area contributed by atoms with Gasteiger partial charge >= 0.3 is 0 Å². The number of hydrogen-bond donors (Lipinski definition) is 4. The summed E-state index contributed by atoms with van der Waals surface area (Å²) in [7, 11) is 0. The van der Waals surface area contributed by atoms with Crippen LogP contribution in [0.2, 0.25) is 0 Å². The minimum Gasteiger partial charge on any atom is -0.377 e. The van der Waals surface area contributed by atoms with Crippen molar-refractivity contribution in [3.63, 3.8) is 0 Å². The monoisotopic (exact) mass is 525 g/mol. The van der Waals surface area contributed by atoms with Gasteiger partial charge < -0.3 is 31.2 Å². The molecule has 3 rings (SSSR count). The van der Waals surface area contributed by atoms with Crippen LogP contribution in [0.15, 0.2) is 18.2 Å². The Labute approximate surface area is 213 Å². The van der Waals surface area contributed by atoms with E-state index in [4.69, 9.17) is 15.2 Å². The maximum absolute atomic E-state index is 13.6. The SMILES string of the molecule is NC(=O)[C@@H]1CC(=O)NCCOCCOCC(=O)NC2(CCN(Cc3ccc(F)c(F)c3)CC2)CC(=O)N1. The Bertz CT molecular complexity index is 986. The first-order valence-corrected chi connectivity index (χ1v) is 12.1. The summed E-state index contributed by atoms with van der Waals surface area (Å²) in [6, 6.07) is 2.51. The number of primary amides is 1. The number of halogens is 2. The number of carbonyl (C=O) groups is 4. The van der Waals surface area contributed by atoms with Crippen molar-refractivity contribution in [3.05, 3.63) is 35.4 Å². The van der Waals surface area contributed by atoms with Crippen LogP contribution in [0, 0.1) is 11.6 Å². The molecule has 204 valence electrons. The zero-order valence-electron chi connectivity index (χ0n) is 20.5. The summed E-state index contributed by atoms with van der Waals surface area (Å²) in [5.41, 5.74) is 5.06. The summed E-state index contributed by atoms with van der Waals surface area (Å²) < 4.78 is 37.5. The zero-order chi connectivity index (χ0) is 26.8. The molecule has 0 radical (unpaired) electrons. The third-order valence-corrected chi connectivity index (χ3v) is 6.35. The summed E-state index contributed by atoms with van der Waals surface area (Å²) in [6.07, 6.45) is 0.277. The van der Waals surface area contributed by atoms with Crippen LogP contribution in [-0.2, 0) is 35.2 Å². The van der Waals surface area contributed by atoms with Crippen molar-refractivity contribution < 1.29 is 37.4 Å². The Kier molecular flexibility index (Phi) is 10.3. The predicted molar refractivity (Wildman–Crippen MR) is 127 cm³/mol. The highest BCUT2D eigenvalue weighted by Crippen LogP contribution is 2.27. The van der Waals surface area contributed by atoms with Crippen LogP contribution in [0.1, 0.15) is 31.2 Å². The van der Waals surface area contributed by atoms with E-state index in [0.29, 0.717) is 38.0 Å². The molecule has 1 spiro atoms. The molecule has 37 heavy (non-hydrogen) atoms. The van der Waals surface area contributed by atoms with Crippen LogP contribution in [0.4, 0.5) is 8.78 Å². The second-order valence-corrected chi connectivity index (χ2v) is 9.27. The molecule has 1 aromatic rings. The predicted octanol–water partition coefficient (Wildman–Crippen LogP) is -0.671. The van der Waals surface area contributed by atoms with Crippen LogP contribution >= 0.6 is 0 Å². The molecule has 2 aliphatic heterocycles. The van der Waals surface area contributed by atoms with Gasteiger partial charge in [-0.1, -0.05) is 6.07 Å². The molecule has 1 atom stereocenters. The Morgan fingerprint density at radius 2 is 1.76 bits per heavy atom. The first kappa shape index (κ1) is 28.4. The maximum atomic E-state index is 13.6. The standard InChI is InChI=1S/C24H33F2N5O6/c25-17-2-1-16(11-18(17)26)14-31-6-3-24(4-7-31)13-21(33)29-19(23(27)35)12-20(32)28-5-8-36-9-10-37-15-22(34)30-24/h1-2,11,19H,3-10,12-15H2,(H2,27,35)(H,28,32)(H,29,33)(H,30,34)/t19-/m0/s1. The molecule has 13 heteroatoms. The highest BCUT2D eigenvalue weighted by atomic mass is 19.2. The molecule has 0 aliphatic carbocycles. The van der Waals surface area contributed by atoms with E-state index in [1.807, 2.05) is 4.90 Å². The van der Waals surface area contributed by atoms with E-state index in [1.165, 1.54) is 6.07 Å². The minimum absolute atomic E-state index is 0.147. The van der Waals surface area contributed by atoms with Gasteiger partial charge in [-0.15, -0.1) is 0 Å². The fourth-order valence-electron chi connectivity index (χ4n) is 4.39. The van der Waals surface area contributed by atoms with Crippen molar-refractivity contribution in [2.75, 3.05) is 46.1 Å². The third-order valence-electron chi connectivity index (χ3n) is 6.35. The molecule has 2 saturated heterocycles. The van der Waals surface area contributed by atoms with Crippen molar-refractivity contribution in [2.24, 2.45) is 5.73 Å². The lowest BCUT2D eigenvalue weighted by Gasteiger charge is -2.42. The van der Waals surface area contributed by atoms with Crippen LogP contribution < -0.4 is 21.7 Å². The molecule has 4 amide bonds. The summed E-state index contributed by atoms with van der Waals surface area (Å²) in [5.74, 6) is -4.12. The molecule has 2 fully saturated rings. The van der Waals surface area contributed by atoms with Crippen LogP contribution in [0.25, 0.3) is 0 Å². The highest BCUT2D eigenvalue weighted by Gasteiger charge is 2.38. The lowest BCUT2D eigenvalue weighted by atomic mass is 9.83. The molecule has 0 aromatic heterocycles. The highest BCUT2D eigenvalue weighted by molar-refractivity contribution is 5.91. The van der Waals surface area contributed by atoms with Gasteiger partial charge in [0.15, 0.2) is 11.6 Å². The number of amides is 4. The Balaban J connectivity index is 1.70. The molecule has 5 N–H and O–H groups in total. The largest absolute Gasteiger partial charge is 0.377 e. The first-order valence-electron chi connectivity index (χ1n) is 12.1. The van der Waals surface area contributed by atoms with Crippen molar-refractivity contribution in [3.8, 4) is 0 Å². The third kappa shape index (κ3) is 9.02. The number of likely N-dealkylation sites (tertiary alicyclic amines) is 1. The van der Waals surface area contributed by atoms with Gasteiger partial charge in [0.2, 0.25) is 23.6 Å². The van der Waals surface area contributed by atoms with Gasteiger partial charge in [0.1, 0.15) is 12.6 Å². The second kappa shape index (κ2) is 13.4. The van der Waals surface area contributed by atoms with Gasteiger partial charge in [-0.25, -0.2) is 8.78 Å². The fraction of sp³-hybridized carbons (Fsp3) is 0.583. The maximum Gasteiger partial charge on any atom is 0.246 e. The van der Waals surface area contributed by atoms with Crippen molar-refractivity contribution in [2.45, 2.75) is 43.8 Å². The number of rotatable bonds is 3. The Morgan fingerprint density at radius 3 is 2.46 bits per heavy atom. The van der Waals surface area contributed by atoms with E-state index in [1.54, 1.807) is 0 Å². The van der Waals surface area contributed by atoms with Crippen LogP contribution in [0.5, 0.6) is 0 Å². The van der Waals surface area contributed by atoms with E-state index in [2.05, 4.69) is 16.0 Å². The number of carbonyl (C=O) groups excluding carboxylic acids is 4. The molecular weight excluding hydrogens is 492 g/mol. The number of hydrogen-bond acceptors (Lipinski definition) is 7. The zero-order valence-corrected chi connectivity index (χ0v) is 20.5. The average molecular weight is 526 g/mol. The Hall–Kier alpha value is -3.16. The number of benzene rings is 1. The molecular formula is C24H33F2N5O6. The summed E-state index contributed by atoms with van der Waals surface area (Å²) in [4.78, 5) is 51.6. The number of nitrogens with zero attached hydrogens (tertiary/aromatic N) is 1. The molecule has 11 nitrogen and oxygen atoms in total. The van der Waals surface area contributed by atoms with E-state index in [-0.39, 0.29) is 45.8 Å². The molecule has 2 heterocycles. The van der Waals surface area contributed by atoms with E-state index >= 15 is 0 Å². The van der Waals surface area contributed by atoms with Gasteiger partial charge in [-0.05, 0) is 30.5 Å². The average Bonchev–Trinajstić information content (AvgIpc) is 2.83. The number of nitrogens with two attached hydrogens (primary N) is 1. The summed E-state index contributed by atoms with van der Waals surface area (Å²) in [6.45, 7) is 1.85. The van der Waals surface area contributed by atoms with Gasteiger partial charge in [0.05, 0.1) is 31.8 Å². The molecule has 0 saturated carbocycles. The van der Waals surface area contributed by atoms with Gasteiger partial charge in [0.25, 0.3) is 0 Å². The molecule has 0 unspecified atom stereocenters. The van der Waals surface area contributed by atoms with E-state index < -0.39 is 46.8 Å². The van der Waals surface area contributed by atoms with Crippen molar-refractivity contribution >= 4 is 23.6 Å². The van der Waals surface area contributed by atoms with Crippen LogP contribution in [-0.4, -0.2) is 86.2 Å². The van der Waals surface area contributed by atoms with Gasteiger partial charge in [-0.3, -0.25) is 24.1 Å². The Morgan fingerprint density at radius 1 is 1.03 bits per heavy atom.